The Hall–Kier alpha value is -5.57. The molecule has 9 nitrogen and oxygen atoms in total. The highest BCUT2D eigenvalue weighted by molar-refractivity contribution is 6.09. The molecule has 0 saturated heterocycles. The fourth-order valence-electron chi connectivity index (χ4n) is 5.24. The van der Waals surface area contributed by atoms with Crippen LogP contribution in [0.5, 0.6) is 23.3 Å². The lowest BCUT2D eigenvalue weighted by Gasteiger charge is -2.37. The van der Waals surface area contributed by atoms with Gasteiger partial charge in [0.1, 0.15) is 17.5 Å². The molecular formula is C34H29N3O6. The number of ether oxygens (including phenoxy) is 4. The van der Waals surface area contributed by atoms with E-state index in [-0.39, 0.29) is 0 Å². The Morgan fingerprint density at radius 2 is 1.16 bits per heavy atom. The first kappa shape index (κ1) is 27.6. The molecule has 1 aliphatic rings. The van der Waals surface area contributed by atoms with E-state index in [9.17, 15) is 4.79 Å². The van der Waals surface area contributed by atoms with Crippen molar-refractivity contribution in [2.24, 2.45) is 0 Å². The van der Waals surface area contributed by atoms with Crippen LogP contribution in [-0.4, -0.2) is 44.4 Å². The van der Waals surface area contributed by atoms with Gasteiger partial charge in [0.25, 0.3) is 0 Å². The molecule has 3 aromatic carbocycles. The Morgan fingerprint density at radius 3 is 1.70 bits per heavy atom. The maximum Gasteiger partial charge on any atom is 0.364 e. The summed E-state index contributed by atoms with van der Waals surface area (Å²) in [4.78, 5) is 29.8. The summed E-state index contributed by atoms with van der Waals surface area (Å²) < 4.78 is 22.0. The second-order valence-corrected chi connectivity index (χ2v) is 9.68. The van der Waals surface area contributed by atoms with E-state index in [1.54, 1.807) is 43.5 Å². The van der Waals surface area contributed by atoms with Gasteiger partial charge in [-0.05, 0) is 23.3 Å². The highest BCUT2D eigenvalue weighted by Crippen LogP contribution is 2.48. The van der Waals surface area contributed by atoms with Gasteiger partial charge < -0.3 is 23.8 Å². The predicted molar refractivity (Wildman–Crippen MR) is 162 cm³/mol. The largest absolute Gasteiger partial charge is 0.496 e. The van der Waals surface area contributed by atoms with E-state index in [2.05, 4.69) is 4.98 Å². The van der Waals surface area contributed by atoms with Crippen LogP contribution < -0.4 is 24.0 Å². The maximum absolute atomic E-state index is 14.2. The summed E-state index contributed by atoms with van der Waals surface area (Å²) >= 11 is 0. The SMILES string of the molecule is COc1cc(OC)nc(-c2ccc3c(-c4cc(OC)cc(OC)n4)c2C(=O)ON3C(c2ccccc2)c2ccccc2)c1. The van der Waals surface area contributed by atoms with Crippen LogP contribution in [-0.2, 0) is 4.84 Å². The summed E-state index contributed by atoms with van der Waals surface area (Å²) in [6, 6.07) is 30.0. The highest BCUT2D eigenvalue weighted by Gasteiger charge is 2.38. The number of hydroxylamine groups is 1. The molecule has 0 spiro atoms. The van der Waals surface area contributed by atoms with E-state index in [1.165, 1.54) is 14.2 Å². The third-order valence-corrected chi connectivity index (χ3v) is 7.24. The molecule has 216 valence electrons. The first-order valence-electron chi connectivity index (χ1n) is 13.5. The zero-order valence-corrected chi connectivity index (χ0v) is 24.1. The molecule has 0 fully saturated rings. The molecule has 2 aromatic heterocycles. The average Bonchev–Trinajstić information content (AvgIpc) is 3.07. The summed E-state index contributed by atoms with van der Waals surface area (Å²) in [6.07, 6.45) is 0. The molecule has 0 amide bonds. The van der Waals surface area contributed by atoms with Crippen LogP contribution in [0.15, 0.2) is 97.1 Å². The zero-order valence-electron chi connectivity index (χ0n) is 24.1. The lowest BCUT2D eigenvalue weighted by Crippen LogP contribution is -2.36. The normalized spacial score (nSPS) is 12.1. The molecule has 1 aliphatic heterocycles. The van der Waals surface area contributed by atoms with E-state index >= 15 is 0 Å². The van der Waals surface area contributed by atoms with Crippen molar-refractivity contribution in [3.8, 4) is 45.8 Å². The predicted octanol–water partition coefficient (Wildman–Crippen LogP) is 6.53. The quantitative estimate of drug-likeness (QED) is 0.195. The van der Waals surface area contributed by atoms with E-state index in [0.717, 1.165) is 11.1 Å². The number of anilines is 1. The van der Waals surface area contributed by atoms with Gasteiger partial charge in [-0.1, -0.05) is 60.7 Å². The average molecular weight is 576 g/mol. The van der Waals surface area contributed by atoms with Crippen LogP contribution >= 0.6 is 0 Å². The molecule has 0 N–H and O–H groups in total. The number of pyridine rings is 2. The Bertz CT molecular complexity index is 1690. The number of methoxy groups -OCH3 is 4. The Labute approximate surface area is 249 Å². The third-order valence-electron chi connectivity index (χ3n) is 7.24. The van der Waals surface area contributed by atoms with Crippen molar-refractivity contribution in [2.45, 2.75) is 6.04 Å². The van der Waals surface area contributed by atoms with Gasteiger partial charge >= 0.3 is 5.97 Å². The molecule has 0 saturated carbocycles. The van der Waals surface area contributed by atoms with Crippen LogP contribution in [0.25, 0.3) is 22.5 Å². The van der Waals surface area contributed by atoms with Gasteiger partial charge in [0.2, 0.25) is 11.8 Å². The Morgan fingerprint density at radius 1 is 0.628 bits per heavy atom. The number of hydrogen-bond acceptors (Lipinski definition) is 9. The number of hydrogen-bond donors (Lipinski definition) is 0. The molecular weight excluding hydrogens is 546 g/mol. The van der Waals surface area contributed by atoms with Gasteiger partial charge in [-0.3, -0.25) is 0 Å². The monoisotopic (exact) mass is 575 g/mol. The minimum atomic E-state index is -0.567. The molecule has 3 heterocycles. The topological polar surface area (TPSA) is 92.2 Å². The fourth-order valence-corrected chi connectivity index (χ4v) is 5.24. The number of rotatable bonds is 9. The van der Waals surface area contributed by atoms with Gasteiger partial charge in [-0.25, -0.2) is 14.8 Å². The molecule has 0 unspecified atom stereocenters. The van der Waals surface area contributed by atoms with Crippen molar-refractivity contribution < 1.29 is 28.6 Å². The summed E-state index contributed by atoms with van der Waals surface area (Å²) in [5, 5.41) is 1.65. The van der Waals surface area contributed by atoms with Crippen LogP contribution in [0.4, 0.5) is 5.69 Å². The van der Waals surface area contributed by atoms with E-state index in [1.807, 2.05) is 72.8 Å². The Kier molecular flexibility index (Phi) is 7.53. The van der Waals surface area contributed by atoms with E-state index in [4.69, 9.17) is 28.8 Å². The number of aromatic nitrogens is 2. The van der Waals surface area contributed by atoms with Gasteiger partial charge in [0, 0.05) is 35.4 Å². The summed E-state index contributed by atoms with van der Waals surface area (Å²) in [7, 11) is 6.18. The Balaban J connectivity index is 1.65. The van der Waals surface area contributed by atoms with Crippen LogP contribution in [0, 0.1) is 0 Å². The van der Waals surface area contributed by atoms with Crippen molar-refractivity contribution in [3.63, 3.8) is 0 Å². The molecule has 6 rings (SSSR count). The molecule has 0 aliphatic carbocycles. The number of carbonyl (C=O) groups excluding carboxylic acids is 1. The second-order valence-electron chi connectivity index (χ2n) is 9.68. The van der Waals surface area contributed by atoms with Crippen LogP contribution in [0.1, 0.15) is 27.5 Å². The number of nitrogens with zero attached hydrogens (tertiary/aromatic N) is 3. The van der Waals surface area contributed by atoms with Gasteiger partial charge in [0.05, 0.1) is 51.1 Å². The molecule has 43 heavy (non-hydrogen) atoms. The molecule has 5 aromatic rings. The van der Waals surface area contributed by atoms with Crippen molar-refractivity contribution >= 4 is 11.7 Å². The third kappa shape index (κ3) is 5.17. The van der Waals surface area contributed by atoms with Crippen molar-refractivity contribution in [2.75, 3.05) is 33.5 Å². The van der Waals surface area contributed by atoms with E-state index < -0.39 is 12.0 Å². The van der Waals surface area contributed by atoms with Crippen molar-refractivity contribution in [1.29, 1.82) is 0 Å². The lowest BCUT2D eigenvalue weighted by molar-refractivity contribution is 0.0404. The summed E-state index contributed by atoms with van der Waals surface area (Å²) in [5.41, 5.74) is 4.83. The molecule has 0 radical (unpaired) electrons. The molecule has 0 atom stereocenters. The number of benzene rings is 3. The fraction of sp³-hybridized carbons (Fsp3) is 0.147. The first-order chi connectivity index (χ1) is 21.0. The molecule has 2 bridgehead atoms. The lowest BCUT2D eigenvalue weighted by atomic mass is 9.91. The number of fused-ring (bicyclic) bond motifs is 2. The maximum atomic E-state index is 14.2. The van der Waals surface area contributed by atoms with Gasteiger partial charge in [-0.2, -0.15) is 5.06 Å². The van der Waals surface area contributed by atoms with Gasteiger partial charge in [0.15, 0.2) is 0 Å². The van der Waals surface area contributed by atoms with Crippen molar-refractivity contribution in [1.82, 2.24) is 9.97 Å². The van der Waals surface area contributed by atoms with Crippen LogP contribution in [0.3, 0.4) is 0 Å². The molecule has 9 heteroatoms. The number of carbonyl (C=O) groups is 1. The second kappa shape index (κ2) is 11.7. The zero-order chi connectivity index (χ0) is 29.9. The highest BCUT2D eigenvalue weighted by atomic mass is 16.7. The smallest absolute Gasteiger partial charge is 0.364 e. The standard InChI is InChI=1S/C34H29N3O6/c1-39-23-17-26(35-29(19-23)41-3)25-15-16-28-32(27-18-24(40-2)20-30(36-27)42-4)31(25)34(38)43-37(28)33(21-11-7-5-8-12-21)22-13-9-6-10-14-22/h5-20,33H,1-4H3. The summed E-state index contributed by atoms with van der Waals surface area (Å²) in [6.45, 7) is 0. The van der Waals surface area contributed by atoms with Crippen molar-refractivity contribution in [3.05, 3.63) is 114 Å². The minimum absolute atomic E-state index is 0.291. The van der Waals surface area contributed by atoms with E-state index in [0.29, 0.717) is 57.0 Å². The van der Waals surface area contributed by atoms with Gasteiger partial charge in [-0.15, -0.1) is 0 Å². The summed E-state index contributed by atoms with van der Waals surface area (Å²) in [5.74, 6) is 1.16. The van der Waals surface area contributed by atoms with Crippen LogP contribution in [0.2, 0.25) is 0 Å². The minimum Gasteiger partial charge on any atom is -0.496 e. The first-order valence-corrected chi connectivity index (χ1v) is 13.5.